The first-order valence-electron chi connectivity index (χ1n) is 8.28. The van der Waals surface area contributed by atoms with E-state index in [2.05, 4.69) is 15.9 Å². The molecule has 0 unspecified atom stereocenters. The minimum absolute atomic E-state index is 0.0133. The Morgan fingerprint density at radius 2 is 1.93 bits per heavy atom. The van der Waals surface area contributed by atoms with Gasteiger partial charge in [0.15, 0.2) is 0 Å². The Bertz CT molecular complexity index is 917. The van der Waals surface area contributed by atoms with E-state index in [-0.39, 0.29) is 18.4 Å². The van der Waals surface area contributed by atoms with E-state index in [0.29, 0.717) is 23.7 Å². The topological polar surface area (TPSA) is 53.8 Å². The molecule has 0 bridgehead atoms. The molecule has 0 aliphatic carbocycles. The van der Waals surface area contributed by atoms with Crippen LogP contribution in [0.1, 0.15) is 25.2 Å². The van der Waals surface area contributed by atoms with Crippen LogP contribution in [0.2, 0.25) is 0 Å². The lowest BCUT2D eigenvalue weighted by molar-refractivity contribution is -0.133. The summed E-state index contributed by atoms with van der Waals surface area (Å²) in [7, 11) is 1.65. The summed E-state index contributed by atoms with van der Waals surface area (Å²) >= 11 is 6.38. The summed E-state index contributed by atoms with van der Waals surface area (Å²) in [4.78, 5) is 31.5. The Balaban J connectivity index is 1.70. The van der Waals surface area contributed by atoms with Crippen molar-refractivity contribution in [1.29, 1.82) is 0 Å². The number of carbonyl (C=O) groups excluding carboxylic acids is 2. The van der Waals surface area contributed by atoms with Crippen LogP contribution in [0.5, 0.6) is 0 Å². The minimum atomic E-state index is -0.163. The fraction of sp³-hybridized carbons (Fsp3) is 0.263. The molecule has 0 atom stereocenters. The standard InChI is InChI=1S/C19H19BrN2O3S2/c1-13-5-6-15(26-13)11-22(10-14-4-3-9-25-14)18(23)12-21(2)19(24)16-7-8-17(20)27-16/h3-9H,10-12H2,1-2H3. The normalized spacial score (nSPS) is 10.8. The van der Waals surface area contributed by atoms with Crippen LogP contribution in [0.3, 0.4) is 0 Å². The summed E-state index contributed by atoms with van der Waals surface area (Å²) < 4.78 is 6.29. The zero-order chi connectivity index (χ0) is 19.4. The number of halogens is 1. The maximum atomic E-state index is 12.9. The van der Waals surface area contributed by atoms with Gasteiger partial charge < -0.3 is 14.2 Å². The molecule has 27 heavy (non-hydrogen) atoms. The summed E-state index contributed by atoms with van der Waals surface area (Å²) in [6.07, 6.45) is 1.59. The smallest absolute Gasteiger partial charge is 0.264 e. The maximum absolute atomic E-state index is 12.9. The average Bonchev–Trinajstić information content (AvgIpc) is 3.37. The minimum Gasteiger partial charge on any atom is -0.467 e. The number of carbonyl (C=O) groups is 2. The molecular weight excluding hydrogens is 448 g/mol. The third-order valence-electron chi connectivity index (χ3n) is 3.93. The molecule has 3 rings (SSSR count). The van der Waals surface area contributed by atoms with Gasteiger partial charge in [0.25, 0.3) is 5.91 Å². The van der Waals surface area contributed by atoms with Gasteiger partial charge in [-0.1, -0.05) is 0 Å². The Morgan fingerprint density at radius 1 is 1.11 bits per heavy atom. The lowest BCUT2D eigenvalue weighted by Crippen LogP contribution is -2.40. The highest BCUT2D eigenvalue weighted by Gasteiger charge is 2.22. The fourth-order valence-electron chi connectivity index (χ4n) is 2.57. The second-order valence-electron chi connectivity index (χ2n) is 6.11. The molecule has 0 aliphatic rings. The van der Waals surface area contributed by atoms with Gasteiger partial charge >= 0.3 is 0 Å². The van der Waals surface area contributed by atoms with Crippen molar-refractivity contribution in [2.75, 3.05) is 13.6 Å². The second-order valence-corrected chi connectivity index (χ2v) is 9.94. The molecule has 0 aromatic carbocycles. The first-order valence-corrected chi connectivity index (χ1v) is 10.7. The molecular formula is C19H19BrN2O3S2. The summed E-state index contributed by atoms with van der Waals surface area (Å²) in [6, 6.07) is 11.3. The maximum Gasteiger partial charge on any atom is 0.264 e. The Hall–Kier alpha value is -1.90. The molecule has 0 saturated heterocycles. The van der Waals surface area contributed by atoms with Crippen LogP contribution in [0.4, 0.5) is 0 Å². The zero-order valence-electron chi connectivity index (χ0n) is 15.0. The predicted octanol–water partition coefficient (Wildman–Crippen LogP) is 4.77. The monoisotopic (exact) mass is 466 g/mol. The molecule has 0 radical (unpaired) electrons. The van der Waals surface area contributed by atoms with Crippen molar-refractivity contribution in [1.82, 2.24) is 9.80 Å². The SMILES string of the molecule is Cc1ccc(CN(Cc2ccco2)C(=O)CN(C)C(=O)c2ccc(Br)s2)s1. The van der Waals surface area contributed by atoms with Crippen molar-refractivity contribution < 1.29 is 14.0 Å². The Labute approximate surface area is 174 Å². The Kier molecular flexibility index (Phi) is 6.51. The second kappa shape index (κ2) is 8.86. The number of amides is 2. The first kappa shape index (κ1) is 19.9. The van der Waals surface area contributed by atoms with E-state index in [0.717, 1.165) is 8.66 Å². The molecule has 8 heteroatoms. The van der Waals surface area contributed by atoms with Gasteiger partial charge in [0, 0.05) is 16.8 Å². The van der Waals surface area contributed by atoms with Crippen LogP contribution in [0.25, 0.3) is 0 Å². The Morgan fingerprint density at radius 3 is 2.52 bits per heavy atom. The molecule has 0 N–H and O–H groups in total. The molecule has 3 heterocycles. The predicted molar refractivity (Wildman–Crippen MR) is 111 cm³/mol. The van der Waals surface area contributed by atoms with E-state index in [1.165, 1.54) is 21.1 Å². The van der Waals surface area contributed by atoms with Gasteiger partial charge in [-0.3, -0.25) is 9.59 Å². The van der Waals surface area contributed by atoms with Gasteiger partial charge in [0.1, 0.15) is 5.76 Å². The van der Waals surface area contributed by atoms with Gasteiger partial charge in [-0.25, -0.2) is 0 Å². The number of nitrogens with zero attached hydrogens (tertiary/aromatic N) is 2. The number of furan rings is 1. The van der Waals surface area contributed by atoms with Gasteiger partial charge in [0.2, 0.25) is 5.91 Å². The highest BCUT2D eigenvalue weighted by Crippen LogP contribution is 2.23. The molecule has 0 aliphatic heterocycles. The van der Waals surface area contributed by atoms with Crippen molar-refractivity contribution in [3.63, 3.8) is 0 Å². The van der Waals surface area contributed by atoms with Crippen LogP contribution in [0.15, 0.2) is 50.9 Å². The van der Waals surface area contributed by atoms with Crippen molar-refractivity contribution in [2.24, 2.45) is 0 Å². The summed E-state index contributed by atoms with van der Waals surface area (Å²) in [5.74, 6) is 0.431. The molecule has 5 nitrogen and oxygen atoms in total. The number of rotatable bonds is 7. The number of hydrogen-bond acceptors (Lipinski definition) is 5. The van der Waals surface area contributed by atoms with Crippen LogP contribution >= 0.6 is 38.6 Å². The number of hydrogen-bond donors (Lipinski definition) is 0. The number of likely N-dealkylation sites (N-methyl/N-ethyl adjacent to an activating group) is 1. The van der Waals surface area contributed by atoms with Crippen LogP contribution in [0, 0.1) is 6.92 Å². The molecule has 3 aromatic heterocycles. The van der Waals surface area contributed by atoms with Crippen LogP contribution in [-0.4, -0.2) is 35.2 Å². The van der Waals surface area contributed by atoms with E-state index < -0.39 is 0 Å². The van der Waals surface area contributed by atoms with Crippen molar-refractivity contribution >= 4 is 50.4 Å². The molecule has 0 saturated carbocycles. The number of thiophene rings is 2. The highest BCUT2D eigenvalue weighted by atomic mass is 79.9. The molecule has 2 amide bonds. The van der Waals surface area contributed by atoms with E-state index in [9.17, 15) is 9.59 Å². The largest absolute Gasteiger partial charge is 0.467 e. The summed E-state index contributed by atoms with van der Waals surface area (Å²) in [5.41, 5.74) is 0. The van der Waals surface area contributed by atoms with E-state index in [1.54, 1.807) is 41.7 Å². The lowest BCUT2D eigenvalue weighted by Gasteiger charge is -2.24. The summed E-state index contributed by atoms with van der Waals surface area (Å²) in [5, 5.41) is 0. The van der Waals surface area contributed by atoms with Gasteiger partial charge in [-0.15, -0.1) is 22.7 Å². The highest BCUT2D eigenvalue weighted by molar-refractivity contribution is 9.11. The van der Waals surface area contributed by atoms with Crippen molar-refractivity contribution in [3.8, 4) is 0 Å². The fourth-order valence-corrected chi connectivity index (χ4v) is 4.86. The van der Waals surface area contributed by atoms with Gasteiger partial charge in [0.05, 0.1) is 34.6 Å². The molecule has 0 fully saturated rings. The van der Waals surface area contributed by atoms with Gasteiger partial charge in [-0.05, 0) is 59.3 Å². The van der Waals surface area contributed by atoms with Crippen molar-refractivity contribution in [2.45, 2.75) is 20.0 Å². The molecule has 3 aromatic rings. The molecule has 142 valence electrons. The zero-order valence-corrected chi connectivity index (χ0v) is 18.2. The van der Waals surface area contributed by atoms with Crippen LogP contribution in [-0.2, 0) is 17.9 Å². The van der Waals surface area contributed by atoms with E-state index in [4.69, 9.17) is 4.42 Å². The van der Waals surface area contributed by atoms with E-state index >= 15 is 0 Å². The molecule has 0 spiro atoms. The van der Waals surface area contributed by atoms with Gasteiger partial charge in [-0.2, -0.15) is 0 Å². The number of aryl methyl sites for hydroxylation is 1. The lowest BCUT2D eigenvalue weighted by atomic mass is 10.3. The first-order chi connectivity index (χ1) is 12.9. The third-order valence-corrected chi connectivity index (χ3v) is 6.52. The average molecular weight is 467 g/mol. The quantitative estimate of drug-likeness (QED) is 0.503. The van der Waals surface area contributed by atoms with E-state index in [1.807, 2.05) is 31.2 Å². The van der Waals surface area contributed by atoms with Crippen molar-refractivity contribution in [3.05, 3.63) is 66.8 Å². The summed E-state index contributed by atoms with van der Waals surface area (Å²) in [6.45, 7) is 2.91. The van der Waals surface area contributed by atoms with Crippen LogP contribution < -0.4 is 0 Å². The third kappa shape index (κ3) is 5.31.